The van der Waals surface area contributed by atoms with Gasteiger partial charge in [-0.25, -0.2) is 18.4 Å². The summed E-state index contributed by atoms with van der Waals surface area (Å²) in [6, 6.07) is 13.8. The molecule has 1 aromatic heterocycles. The fourth-order valence-electron chi connectivity index (χ4n) is 3.42. The molecule has 27 heavy (non-hydrogen) atoms. The highest BCUT2D eigenvalue weighted by Crippen LogP contribution is 2.23. The largest absolute Gasteiger partial charge is 0.338 e. The number of urea groups is 1. The molecule has 1 aliphatic heterocycles. The number of nitrogens with zero attached hydrogens (tertiary/aromatic N) is 1. The zero-order chi connectivity index (χ0) is 19.3. The Kier molecular flexibility index (Phi) is 6.51. The Labute approximate surface area is 164 Å². The van der Waals surface area contributed by atoms with Crippen molar-refractivity contribution in [2.45, 2.75) is 42.4 Å². The number of thiophene rings is 1. The van der Waals surface area contributed by atoms with Gasteiger partial charge in [-0.05, 0) is 49.8 Å². The Hall–Kier alpha value is -1.90. The van der Waals surface area contributed by atoms with Gasteiger partial charge in [-0.2, -0.15) is 0 Å². The number of primary sulfonamides is 1. The lowest BCUT2D eigenvalue weighted by atomic mass is 10.0. The zero-order valence-electron chi connectivity index (χ0n) is 15.1. The molecule has 0 aliphatic carbocycles. The highest BCUT2D eigenvalue weighted by Gasteiger charge is 2.28. The molecule has 3 N–H and O–H groups in total. The van der Waals surface area contributed by atoms with Gasteiger partial charge in [0.05, 0.1) is 0 Å². The van der Waals surface area contributed by atoms with E-state index >= 15 is 0 Å². The summed E-state index contributed by atoms with van der Waals surface area (Å²) in [5.41, 5.74) is 1.30. The molecule has 1 atom stereocenters. The number of carbonyl (C=O) groups excluding carboxylic acids is 1. The molecule has 1 saturated heterocycles. The second-order valence-corrected chi connectivity index (χ2v) is 9.72. The molecule has 3 rings (SSSR count). The van der Waals surface area contributed by atoms with E-state index in [1.54, 1.807) is 6.07 Å². The maximum absolute atomic E-state index is 12.5. The number of nitrogens with one attached hydrogen (secondary N) is 1. The molecule has 146 valence electrons. The number of nitrogens with two attached hydrogens (primary N) is 1. The quantitative estimate of drug-likeness (QED) is 0.739. The van der Waals surface area contributed by atoms with Gasteiger partial charge in [0.15, 0.2) is 0 Å². The van der Waals surface area contributed by atoms with Crippen LogP contribution in [-0.2, 0) is 22.9 Å². The van der Waals surface area contributed by atoms with Gasteiger partial charge in [0, 0.05) is 24.0 Å². The summed E-state index contributed by atoms with van der Waals surface area (Å²) < 4.78 is 22.8. The molecule has 0 radical (unpaired) electrons. The van der Waals surface area contributed by atoms with E-state index in [9.17, 15) is 13.2 Å². The van der Waals surface area contributed by atoms with Crippen LogP contribution in [0.1, 0.15) is 29.7 Å². The van der Waals surface area contributed by atoms with Crippen LogP contribution in [0.25, 0.3) is 0 Å². The van der Waals surface area contributed by atoms with E-state index in [1.165, 1.54) is 11.6 Å². The second-order valence-electron chi connectivity index (χ2n) is 6.76. The second kappa shape index (κ2) is 8.86. The first-order valence-electron chi connectivity index (χ1n) is 9.13. The number of hydrogen-bond donors (Lipinski definition) is 2. The average Bonchev–Trinajstić information content (AvgIpc) is 3.30. The van der Waals surface area contributed by atoms with E-state index < -0.39 is 10.0 Å². The molecule has 2 heterocycles. The summed E-state index contributed by atoms with van der Waals surface area (Å²) in [6.45, 7) is 1.27. The summed E-state index contributed by atoms with van der Waals surface area (Å²) in [6.07, 6.45) is 4.62. The van der Waals surface area contributed by atoms with Gasteiger partial charge in [-0.15, -0.1) is 11.3 Å². The SMILES string of the molecule is NS(=O)(=O)c1ccc(CCNC(=O)N2CCCC2CCc2ccccc2)s1. The van der Waals surface area contributed by atoms with Crippen molar-refractivity contribution in [2.75, 3.05) is 13.1 Å². The standard InChI is InChI=1S/C19H25N3O3S2/c20-27(24,25)18-11-10-17(26-18)12-13-21-19(23)22-14-4-7-16(22)9-8-15-5-2-1-3-6-15/h1-3,5-6,10-11,16H,4,7-9,12-14H2,(H,21,23)(H2,20,24,25). The Balaban J connectivity index is 1.46. The fourth-order valence-corrected chi connectivity index (χ4v) is 5.20. The van der Waals surface area contributed by atoms with Crippen molar-refractivity contribution in [1.82, 2.24) is 10.2 Å². The Morgan fingerprint density at radius 3 is 2.67 bits per heavy atom. The number of likely N-dealkylation sites (tertiary alicyclic amines) is 1. The average molecular weight is 408 g/mol. The lowest BCUT2D eigenvalue weighted by Crippen LogP contribution is -2.43. The van der Waals surface area contributed by atoms with E-state index in [4.69, 9.17) is 5.14 Å². The Morgan fingerprint density at radius 1 is 1.19 bits per heavy atom. The first-order chi connectivity index (χ1) is 12.9. The summed E-state index contributed by atoms with van der Waals surface area (Å²) in [5, 5.41) is 8.08. The molecule has 6 nitrogen and oxygen atoms in total. The molecule has 0 saturated carbocycles. The van der Waals surface area contributed by atoms with Gasteiger partial charge < -0.3 is 10.2 Å². The predicted octanol–water partition coefficient (Wildman–Crippen LogP) is 2.74. The minimum absolute atomic E-state index is 0.0335. The molecular formula is C19H25N3O3S2. The van der Waals surface area contributed by atoms with Crippen LogP contribution in [0.2, 0.25) is 0 Å². The molecule has 2 aromatic rings. The van der Waals surface area contributed by atoms with Gasteiger partial charge in [0.1, 0.15) is 4.21 Å². The smallest absolute Gasteiger partial charge is 0.317 e. The van der Waals surface area contributed by atoms with Crippen LogP contribution in [-0.4, -0.2) is 38.5 Å². The topological polar surface area (TPSA) is 92.5 Å². The monoisotopic (exact) mass is 407 g/mol. The van der Waals surface area contributed by atoms with Crippen molar-refractivity contribution in [1.29, 1.82) is 0 Å². The number of rotatable bonds is 7. The number of carbonyl (C=O) groups is 1. The third-order valence-electron chi connectivity index (χ3n) is 4.81. The summed E-state index contributed by atoms with van der Waals surface area (Å²) in [4.78, 5) is 15.4. The summed E-state index contributed by atoms with van der Waals surface area (Å²) in [7, 11) is -3.65. The highest BCUT2D eigenvalue weighted by atomic mass is 32.2. The Morgan fingerprint density at radius 2 is 1.96 bits per heavy atom. The number of hydrogen-bond acceptors (Lipinski definition) is 4. The molecule has 1 aromatic carbocycles. The minimum Gasteiger partial charge on any atom is -0.338 e. The number of amides is 2. The molecule has 0 bridgehead atoms. The van der Waals surface area contributed by atoms with Crippen LogP contribution in [0.3, 0.4) is 0 Å². The van der Waals surface area contributed by atoms with Gasteiger partial charge >= 0.3 is 6.03 Å². The van der Waals surface area contributed by atoms with Crippen LogP contribution < -0.4 is 10.5 Å². The van der Waals surface area contributed by atoms with E-state index in [0.717, 1.165) is 48.4 Å². The normalized spacial score (nSPS) is 17.2. The lowest BCUT2D eigenvalue weighted by Gasteiger charge is -2.25. The van der Waals surface area contributed by atoms with Crippen LogP contribution in [0.5, 0.6) is 0 Å². The molecular weight excluding hydrogens is 382 g/mol. The minimum atomic E-state index is -3.65. The molecule has 1 unspecified atom stereocenters. The van der Waals surface area contributed by atoms with Gasteiger partial charge in [0.2, 0.25) is 10.0 Å². The molecule has 0 spiro atoms. The summed E-state index contributed by atoms with van der Waals surface area (Å²) in [5.74, 6) is 0. The van der Waals surface area contributed by atoms with Crippen molar-refractivity contribution < 1.29 is 13.2 Å². The van der Waals surface area contributed by atoms with Crippen LogP contribution in [0, 0.1) is 0 Å². The molecule has 2 amide bonds. The lowest BCUT2D eigenvalue weighted by molar-refractivity contribution is 0.190. The number of aryl methyl sites for hydroxylation is 1. The summed E-state index contributed by atoms with van der Waals surface area (Å²) >= 11 is 1.15. The maximum atomic E-state index is 12.5. The predicted molar refractivity (Wildman–Crippen MR) is 107 cm³/mol. The van der Waals surface area contributed by atoms with E-state index in [-0.39, 0.29) is 16.3 Å². The molecule has 1 fully saturated rings. The van der Waals surface area contributed by atoms with Crippen LogP contribution >= 0.6 is 11.3 Å². The Bertz CT molecular complexity index is 865. The first-order valence-corrected chi connectivity index (χ1v) is 11.5. The maximum Gasteiger partial charge on any atom is 0.317 e. The van der Waals surface area contributed by atoms with Crippen molar-refractivity contribution in [3.63, 3.8) is 0 Å². The van der Waals surface area contributed by atoms with Crippen molar-refractivity contribution >= 4 is 27.4 Å². The fraction of sp³-hybridized carbons (Fsp3) is 0.421. The molecule has 1 aliphatic rings. The van der Waals surface area contributed by atoms with Crippen LogP contribution in [0.15, 0.2) is 46.7 Å². The number of benzene rings is 1. The number of sulfonamides is 1. The van der Waals surface area contributed by atoms with Gasteiger partial charge in [-0.3, -0.25) is 0 Å². The van der Waals surface area contributed by atoms with Gasteiger partial charge in [0.25, 0.3) is 0 Å². The van der Waals surface area contributed by atoms with Crippen molar-refractivity contribution in [3.8, 4) is 0 Å². The molecule has 8 heteroatoms. The highest BCUT2D eigenvalue weighted by molar-refractivity contribution is 7.91. The van der Waals surface area contributed by atoms with Crippen LogP contribution in [0.4, 0.5) is 4.79 Å². The first kappa shape index (κ1) is 19.9. The van der Waals surface area contributed by atoms with E-state index in [1.807, 2.05) is 23.1 Å². The van der Waals surface area contributed by atoms with Gasteiger partial charge in [-0.1, -0.05) is 30.3 Å². The zero-order valence-corrected chi connectivity index (χ0v) is 16.8. The van der Waals surface area contributed by atoms with Crippen molar-refractivity contribution in [2.24, 2.45) is 5.14 Å². The van der Waals surface area contributed by atoms with Crippen molar-refractivity contribution in [3.05, 3.63) is 52.9 Å². The third kappa shape index (κ3) is 5.54. The van der Waals surface area contributed by atoms with E-state index in [0.29, 0.717) is 13.0 Å². The third-order valence-corrected chi connectivity index (χ3v) is 7.40. The van der Waals surface area contributed by atoms with E-state index in [2.05, 4.69) is 17.4 Å².